The van der Waals surface area contributed by atoms with Gasteiger partial charge in [-0.3, -0.25) is 4.98 Å². The molecule has 0 aliphatic heterocycles. The first-order chi connectivity index (χ1) is 12.4. The minimum atomic E-state index is -4.43. The first-order valence-corrected chi connectivity index (χ1v) is 7.89. The second-order valence-electron chi connectivity index (χ2n) is 5.31. The van der Waals surface area contributed by atoms with Gasteiger partial charge in [-0.15, -0.1) is 0 Å². The summed E-state index contributed by atoms with van der Waals surface area (Å²) in [5, 5.41) is 5.99. The predicted octanol–water partition coefficient (Wildman–Crippen LogP) is 4.90. The highest BCUT2D eigenvalue weighted by molar-refractivity contribution is 6.32. The fourth-order valence-electron chi connectivity index (χ4n) is 2.13. The number of benzene rings is 1. The third kappa shape index (κ3) is 4.60. The van der Waals surface area contributed by atoms with Gasteiger partial charge < -0.3 is 10.6 Å². The molecular formula is C17H13ClF3N5. The third-order valence-electron chi connectivity index (χ3n) is 3.37. The molecule has 3 rings (SSSR count). The van der Waals surface area contributed by atoms with E-state index in [0.717, 1.165) is 17.7 Å². The van der Waals surface area contributed by atoms with Crippen LogP contribution in [0.1, 0.15) is 11.1 Å². The molecule has 0 fully saturated rings. The van der Waals surface area contributed by atoms with Crippen molar-refractivity contribution >= 4 is 29.1 Å². The van der Waals surface area contributed by atoms with Crippen molar-refractivity contribution in [3.8, 4) is 0 Å². The molecule has 0 spiro atoms. The molecule has 0 saturated heterocycles. The van der Waals surface area contributed by atoms with Crippen LogP contribution < -0.4 is 10.6 Å². The number of aromatic nitrogens is 3. The van der Waals surface area contributed by atoms with E-state index in [1.54, 1.807) is 18.5 Å². The first-order valence-electron chi connectivity index (χ1n) is 7.51. The zero-order chi connectivity index (χ0) is 18.6. The maximum absolute atomic E-state index is 12.8. The molecular weight excluding hydrogens is 367 g/mol. The summed E-state index contributed by atoms with van der Waals surface area (Å²) >= 11 is 6.05. The number of halogens is 4. The van der Waals surface area contributed by atoms with Crippen LogP contribution in [0.3, 0.4) is 0 Å². The average molecular weight is 380 g/mol. The van der Waals surface area contributed by atoms with Gasteiger partial charge in [0.1, 0.15) is 5.02 Å². The zero-order valence-corrected chi connectivity index (χ0v) is 14.0. The summed E-state index contributed by atoms with van der Waals surface area (Å²) in [6, 6.07) is 8.48. The summed E-state index contributed by atoms with van der Waals surface area (Å²) in [5.41, 5.74) is 0.389. The third-order valence-corrected chi connectivity index (χ3v) is 3.65. The van der Waals surface area contributed by atoms with Crippen LogP contribution in [0.4, 0.5) is 30.6 Å². The summed E-state index contributed by atoms with van der Waals surface area (Å²) in [7, 11) is 0. The van der Waals surface area contributed by atoms with Crippen molar-refractivity contribution in [2.24, 2.45) is 0 Å². The average Bonchev–Trinajstić information content (AvgIpc) is 2.63. The fraction of sp³-hybridized carbons (Fsp3) is 0.118. The zero-order valence-electron chi connectivity index (χ0n) is 13.3. The molecule has 134 valence electrons. The van der Waals surface area contributed by atoms with Crippen LogP contribution in [0, 0.1) is 0 Å². The number of nitrogens with zero attached hydrogens (tertiary/aromatic N) is 3. The Labute approximate surface area is 152 Å². The molecule has 1 aromatic carbocycles. The molecule has 26 heavy (non-hydrogen) atoms. The molecule has 0 saturated carbocycles. The van der Waals surface area contributed by atoms with E-state index in [2.05, 4.69) is 25.6 Å². The van der Waals surface area contributed by atoms with E-state index in [9.17, 15) is 13.2 Å². The summed E-state index contributed by atoms with van der Waals surface area (Å²) in [6.45, 7) is 0.443. The molecule has 9 heteroatoms. The SMILES string of the molecule is FC(F)(F)c1cccc(Nc2nc(NCc3cccnc3)ncc2Cl)c1. The first kappa shape index (κ1) is 17.9. The van der Waals surface area contributed by atoms with Crippen LogP contribution in [0.5, 0.6) is 0 Å². The molecule has 2 aromatic heterocycles. The van der Waals surface area contributed by atoms with Crippen molar-refractivity contribution in [1.29, 1.82) is 0 Å². The maximum atomic E-state index is 12.8. The lowest BCUT2D eigenvalue weighted by Crippen LogP contribution is -2.07. The standard InChI is InChI=1S/C17H13ClF3N5/c18-14-10-24-16(23-9-11-3-2-6-22-8-11)26-15(14)25-13-5-1-4-12(7-13)17(19,20)21/h1-8,10H,9H2,(H2,23,24,25,26). The molecule has 0 bridgehead atoms. The Morgan fingerprint density at radius 2 is 1.92 bits per heavy atom. The van der Waals surface area contributed by atoms with Crippen LogP contribution >= 0.6 is 11.6 Å². The Balaban J connectivity index is 1.76. The van der Waals surface area contributed by atoms with Gasteiger partial charge in [0.05, 0.1) is 11.8 Å². The summed E-state index contributed by atoms with van der Waals surface area (Å²) in [5.74, 6) is 0.488. The van der Waals surface area contributed by atoms with E-state index in [0.29, 0.717) is 6.54 Å². The van der Waals surface area contributed by atoms with Gasteiger partial charge in [-0.05, 0) is 29.8 Å². The maximum Gasteiger partial charge on any atom is 0.416 e. The van der Waals surface area contributed by atoms with Gasteiger partial charge in [0.2, 0.25) is 5.95 Å². The number of anilines is 3. The molecule has 0 aliphatic carbocycles. The molecule has 3 aromatic rings. The highest BCUT2D eigenvalue weighted by Crippen LogP contribution is 2.32. The highest BCUT2D eigenvalue weighted by atomic mass is 35.5. The quantitative estimate of drug-likeness (QED) is 0.660. The van der Waals surface area contributed by atoms with Crippen LogP contribution in [0.15, 0.2) is 55.0 Å². The van der Waals surface area contributed by atoms with Gasteiger partial charge in [-0.1, -0.05) is 23.7 Å². The summed E-state index contributed by atoms with van der Waals surface area (Å²) in [4.78, 5) is 12.3. The normalized spacial score (nSPS) is 11.2. The van der Waals surface area contributed by atoms with E-state index in [1.807, 2.05) is 6.07 Å². The molecule has 5 nitrogen and oxygen atoms in total. The monoisotopic (exact) mass is 379 g/mol. The van der Waals surface area contributed by atoms with Crippen LogP contribution in [0.2, 0.25) is 5.02 Å². The van der Waals surface area contributed by atoms with Crippen molar-refractivity contribution in [3.05, 3.63) is 71.1 Å². The van der Waals surface area contributed by atoms with Crippen LogP contribution in [-0.2, 0) is 12.7 Å². The van der Waals surface area contributed by atoms with Gasteiger partial charge in [0.15, 0.2) is 5.82 Å². The molecule has 2 N–H and O–H groups in total. The van der Waals surface area contributed by atoms with Crippen molar-refractivity contribution in [2.45, 2.75) is 12.7 Å². The van der Waals surface area contributed by atoms with Crippen LogP contribution in [-0.4, -0.2) is 15.0 Å². The molecule has 0 aliphatic rings. The van der Waals surface area contributed by atoms with E-state index in [4.69, 9.17) is 11.6 Å². The lowest BCUT2D eigenvalue weighted by atomic mass is 10.2. The Morgan fingerprint density at radius 1 is 1.08 bits per heavy atom. The number of hydrogen-bond donors (Lipinski definition) is 2. The molecule has 0 atom stereocenters. The van der Waals surface area contributed by atoms with Crippen molar-refractivity contribution < 1.29 is 13.2 Å². The van der Waals surface area contributed by atoms with Gasteiger partial charge in [-0.2, -0.15) is 18.2 Å². The minimum Gasteiger partial charge on any atom is -0.350 e. The number of nitrogens with one attached hydrogen (secondary N) is 2. The Hall–Kier alpha value is -2.87. The van der Waals surface area contributed by atoms with Gasteiger partial charge in [0, 0.05) is 24.6 Å². The summed E-state index contributed by atoms with van der Waals surface area (Å²) < 4.78 is 38.5. The topological polar surface area (TPSA) is 62.7 Å². The Morgan fingerprint density at radius 3 is 2.65 bits per heavy atom. The number of rotatable bonds is 5. The largest absolute Gasteiger partial charge is 0.416 e. The van der Waals surface area contributed by atoms with Crippen molar-refractivity contribution in [1.82, 2.24) is 15.0 Å². The highest BCUT2D eigenvalue weighted by Gasteiger charge is 2.30. The molecule has 2 heterocycles. The second kappa shape index (κ2) is 7.57. The van der Waals surface area contributed by atoms with Crippen molar-refractivity contribution in [3.63, 3.8) is 0 Å². The number of hydrogen-bond acceptors (Lipinski definition) is 5. The Bertz CT molecular complexity index is 887. The molecule has 0 amide bonds. The minimum absolute atomic E-state index is 0.189. The Kier molecular flexibility index (Phi) is 5.22. The second-order valence-corrected chi connectivity index (χ2v) is 5.72. The fourth-order valence-corrected chi connectivity index (χ4v) is 2.27. The van der Waals surface area contributed by atoms with Gasteiger partial charge in [0.25, 0.3) is 0 Å². The number of alkyl halides is 3. The van der Waals surface area contributed by atoms with E-state index >= 15 is 0 Å². The predicted molar refractivity (Wildman–Crippen MR) is 93.3 cm³/mol. The lowest BCUT2D eigenvalue weighted by molar-refractivity contribution is -0.137. The van der Waals surface area contributed by atoms with Gasteiger partial charge in [-0.25, -0.2) is 4.98 Å². The van der Waals surface area contributed by atoms with E-state index in [1.165, 1.54) is 18.3 Å². The van der Waals surface area contributed by atoms with E-state index < -0.39 is 11.7 Å². The van der Waals surface area contributed by atoms with Crippen molar-refractivity contribution in [2.75, 3.05) is 10.6 Å². The van der Waals surface area contributed by atoms with Gasteiger partial charge >= 0.3 is 6.18 Å². The van der Waals surface area contributed by atoms with Crippen LogP contribution in [0.25, 0.3) is 0 Å². The molecule has 0 radical (unpaired) electrons. The number of pyridine rings is 1. The van der Waals surface area contributed by atoms with E-state index in [-0.39, 0.29) is 22.5 Å². The summed E-state index contributed by atoms with van der Waals surface area (Å²) in [6.07, 6.45) is 0.309. The smallest absolute Gasteiger partial charge is 0.350 e. The lowest BCUT2D eigenvalue weighted by Gasteiger charge is -2.12. The molecule has 0 unspecified atom stereocenters.